The van der Waals surface area contributed by atoms with Gasteiger partial charge in [0, 0.05) is 45.2 Å². The molecular formula is C21H28FN3O4. The van der Waals surface area contributed by atoms with Crippen molar-refractivity contribution in [3.63, 3.8) is 0 Å². The van der Waals surface area contributed by atoms with Crippen molar-refractivity contribution >= 4 is 24.0 Å². The van der Waals surface area contributed by atoms with Gasteiger partial charge in [-0.15, -0.1) is 0 Å². The quantitative estimate of drug-likeness (QED) is 0.763. The van der Waals surface area contributed by atoms with Crippen LogP contribution in [0.3, 0.4) is 0 Å². The van der Waals surface area contributed by atoms with Crippen LogP contribution in [0.25, 0.3) is 6.08 Å². The SMILES string of the molecule is CC(C)(C)OC(=O)NCCC(=O)N1CCN(C(=O)/C=C/c2cccc(F)c2)CC1. The molecule has 8 heteroatoms. The van der Waals surface area contributed by atoms with Crippen LogP contribution in [0.2, 0.25) is 0 Å². The number of piperazine rings is 1. The molecule has 3 amide bonds. The highest BCUT2D eigenvalue weighted by Crippen LogP contribution is 2.09. The predicted octanol–water partition coefficient (Wildman–Crippen LogP) is 2.42. The molecule has 1 N–H and O–H groups in total. The van der Waals surface area contributed by atoms with Gasteiger partial charge in [0.25, 0.3) is 0 Å². The summed E-state index contributed by atoms with van der Waals surface area (Å²) in [4.78, 5) is 39.5. The Labute approximate surface area is 170 Å². The summed E-state index contributed by atoms with van der Waals surface area (Å²) in [6.45, 7) is 7.23. The van der Waals surface area contributed by atoms with Crippen molar-refractivity contribution in [2.45, 2.75) is 32.8 Å². The van der Waals surface area contributed by atoms with Crippen molar-refractivity contribution < 1.29 is 23.5 Å². The number of ether oxygens (including phenoxy) is 1. The van der Waals surface area contributed by atoms with Gasteiger partial charge in [0.1, 0.15) is 11.4 Å². The summed E-state index contributed by atoms with van der Waals surface area (Å²) in [7, 11) is 0. The van der Waals surface area contributed by atoms with E-state index in [2.05, 4.69) is 5.32 Å². The molecule has 158 valence electrons. The predicted molar refractivity (Wildman–Crippen MR) is 107 cm³/mol. The van der Waals surface area contributed by atoms with Gasteiger partial charge in [-0.25, -0.2) is 9.18 Å². The number of alkyl carbamates (subject to hydrolysis) is 1. The van der Waals surface area contributed by atoms with Gasteiger partial charge < -0.3 is 19.9 Å². The Morgan fingerprint density at radius 2 is 1.79 bits per heavy atom. The van der Waals surface area contributed by atoms with Gasteiger partial charge in [0.15, 0.2) is 0 Å². The maximum atomic E-state index is 13.2. The first-order valence-corrected chi connectivity index (χ1v) is 9.61. The maximum Gasteiger partial charge on any atom is 0.407 e. The van der Waals surface area contributed by atoms with E-state index in [4.69, 9.17) is 4.74 Å². The van der Waals surface area contributed by atoms with Crippen molar-refractivity contribution in [2.24, 2.45) is 0 Å². The van der Waals surface area contributed by atoms with Gasteiger partial charge in [-0.3, -0.25) is 9.59 Å². The smallest absolute Gasteiger partial charge is 0.407 e. The number of carbonyl (C=O) groups is 3. The highest BCUT2D eigenvalue weighted by Gasteiger charge is 2.23. The maximum absolute atomic E-state index is 13.2. The molecule has 1 aliphatic heterocycles. The van der Waals surface area contributed by atoms with Crippen LogP contribution in [0, 0.1) is 5.82 Å². The number of nitrogens with one attached hydrogen (secondary N) is 1. The average molecular weight is 405 g/mol. The molecule has 0 atom stereocenters. The van der Waals surface area contributed by atoms with E-state index in [9.17, 15) is 18.8 Å². The summed E-state index contributed by atoms with van der Waals surface area (Å²) in [5.74, 6) is -0.607. The van der Waals surface area contributed by atoms with Gasteiger partial charge in [-0.2, -0.15) is 0 Å². The lowest BCUT2D eigenvalue weighted by Crippen LogP contribution is -2.50. The van der Waals surface area contributed by atoms with Gasteiger partial charge >= 0.3 is 6.09 Å². The molecular weight excluding hydrogens is 377 g/mol. The molecule has 1 aromatic carbocycles. The molecule has 1 heterocycles. The van der Waals surface area contributed by atoms with E-state index in [1.807, 2.05) is 0 Å². The average Bonchev–Trinajstić information content (AvgIpc) is 2.65. The van der Waals surface area contributed by atoms with Crippen LogP contribution in [-0.2, 0) is 14.3 Å². The van der Waals surface area contributed by atoms with Crippen LogP contribution in [0.4, 0.5) is 9.18 Å². The Bertz CT molecular complexity index is 765. The van der Waals surface area contributed by atoms with Crippen molar-refractivity contribution in [2.75, 3.05) is 32.7 Å². The van der Waals surface area contributed by atoms with Gasteiger partial charge in [-0.1, -0.05) is 12.1 Å². The third-order valence-corrected chi connectivity index (χ3v) is 4.22. The van der Waals surface area contributed by atoms with Crippen LogP contribution in [0.5, 0.6) is 0 Å². The fraction of sp³-hybridized carbons (Fsp3) is 0.476. The first-order chi connectivity index (χ1) is 13.6. The van der Waals surface area contributed by atoms with Gasteiger partial charge in [0.2, 0.25) is 11.8 Å². The lowest BCUT2D eigenvalue weighted by molar-refractivity contribution is -0.137. The molecule has 0 unspecified atom stereocenters. The van der Waals surface area contributed by atoms with Gasteiger partial charge in [0.05, 0.1) is 0 Å². The Morgan fingerprint density at radius 1 is 1.14 bits per heavy atom. The van der Waals surface area contributed by atoms with Crippen LogP contribution in [-0.4, -0.2) is 66.0 Å². The number of benzene rings is 1. The van der Waals surface area contributed by atoms with E-state index >= 15 is 0 Å². The summed E-state index contributed by atoms with van der Waals surface area (Å²) >= 11 is 0. The topological polar surface area (TPSA) is 79.0 Å². The molecule has 0 aliphatic carbocycles. The summed E-state index contributed by atoms with van der Waals surface area (Å²) in [6.07, 6.45) is 2.61. The number of hydrogen-bond donors (Lipinski definition) is 1. The third-order valence-electron chi connectivity index (χ3n) is 4.22. The zero-order chi connectivity index (χ0) is 21.4. The Morgan fingerprint density at radius 3 is 2.41 bits per heavy atom. The highest BCUT2D eigenvalue weighted by molar-refractivity contribution is 5.92. The summed E-state index contributed by atoms with van der Waals surface area (Å²) in [5.41, 5.74) is 0.0322. The first kappa shape index (κ1) is 22.4. The molecule has 0 saturated carbocycles. The van der Waals surface area contributed by atoms with E-state index in [0.717, 1.165) is 0 Å². The van der Waals surface area contributed by atoms with Crippen LogP contribution in [0.15, 0.2) is 30.3 Å². The van der Waals surface area contributed by atoms with E-state index < -0.39 is 11.7 Å². The van der Waals surface area contributed by atoms with E-state index in [1.165, 1.54) is 18.2 Å². The molecule has 1 fully saturated rings. The Balaban J connectivity index is 1.71. The fourth-order valence-corrected chi connectivity index (χ4v) is 2.80. The summed E-state index contributed by atoms with van der Waals surface area (Å²) in [5, 5.41) is 2.56. The molecule has 0 spiro atoms. The summed E-state index contributed by atoms with van der Waals surface area (Å²) < 4.78 is 18.3. The highest BCUT2D eigenvalue weighted by atomic mass is 19.1. The molecule has 1 aromatic rings. The second-order valence-corrected chi connectivity index (χ2v) is 7.77. The lowest BCUT2D eigenvalue weighted by Gasteiger charge is -2.34. The molecule has 1 aliphatic rings. The number of halogens is 1. The fourth-order valence-electron chi connectivity index (χ4n) is 2.80. The van der Waals surface area contributed by atoms with Crippen LogP contribution >= 0.6 is 0 Å². The number of rotatable bonds is 5. The lowest BCUT2D eigenvalue weighted by atomic mass is 10.2. The normalized spacial score (nSPS) is 14.8. The minimum absolute atomic E-state index is 0.0801. The summed E-state index contributed by atoms with van der Waals surface area (Å²) in [6, 6.07) is 6.00. The second-order valence-electron chi connectivity index (χ2n) is 7.77. The van der Waals surface area contributed by atoms with Crippen molar-refractivity contribution in [3.05, 3.63) is 41.7 Å². The van der Waals surface area contributed by atoms with Crippen molar-refractivity contribution in [1.82, 2.24) is 15.1 Å². The minimum Gasteiger partial charge on any atom is -0.444 e. The minimum atomic E-state index is -0.583. The third kappa shape index (κ3) is 7.93. The molecule has 7 nitrogen and oxygen atoms in total. The van der Waals surface area contributed by atoms with Crippen molar-refractivity contribution in [1.29, 1.82) is 0 Å². The molecule has 0 aromatic heterocycles. The molecule has 29 heavy (non-hydrogen) atoms. The van der Waals surface area contributed by atoms with Crippen LogP contribution < -0.4 is 5.32 Å². The van der Waals surface area contributed by atoms with Gasteiger partial charge in [-0.05, 0) is 44.5 Å². The number of hydrogen-bond acceptors (Lipinski definition) is 4. The number of carbonyl (C=O) groups excluding carboxylic acids is 3. The first-order valence-electron chi connectivity index (χ1n) is 9.61. The number of nitrogens with zero attached hydrogens (tertiary/aromatic N) is 2. The monoisotopic (exact) mass is 405 g/mol. The molecule has 2 rings (SSSR count). The Hall–Kier alpha value is -2.90. The van der Waals surface area contributed by atoms with E-state index in [-0.39, 0.29) is 30.6 Å². The number of amides is 3. The van der Waals surface area contributed by atoms with Crippen LogP contribution in [0.1, 0.15) is 32.8 Å². The zero-order valence-corrected chi connectivity index (χ0v) is 17.1. The largest absolute Gasteiger partial charge is 0.444 e. The zero-order valence-electron chi connectivity index (χ0n) is 17.1. The second kappa shape index (κ2) is 10.0. The molecule has 0 radical (unpaired) electrons. The van der Waals surface area contributed by atoms with E-state index in [1.54, 1.807) is 48.8 Å². The van der Waals surface area contributed by atoms with E-state index in [0.29, 0.717) is 31.7 Å². The molecule has 0 bridgehead atoms. The Kier molecular flexibility index (Phi) is 7.75. The standard InChI is InChI=1S/C21H28FN3O4/c1-21(2,3)29-20(28)23-10-9-19(27)25-13-11-24(12-14-25)18(26)8-7-16-5-4-6-17(22)15-16/h4-8,15H,9-14H2,1-3H3,(H,23,28)/b8-7+. The van der Waals surface area contributed by atoms with Crippen molar-refractivity contribution in [3.8, 4) is 0 Å². The molecule has 1 saturated heterocycles.